The Hall–Kier alpha value is -2.88. The van der Waals surface area contributed by atoms with Crippen LogP contribution in [0.1, 0.15) is 20.3 Å². The summed E-state index contributed by atoms with van der Waals surface area (Å²) in [5, 5.41) is 5.93. The smallest absolute Gasteiger partial charge is 0.319 e. The second kappa shape index (κ2) is 8.23. The van der Waals surface area contributed by atoms with Crippen LogP contribution >= 0.6 is 11.6 Å². The highest BCUT2D eigenvalue weighted by Gasteiger charge is 2.54. The molecule has 0 aliphatic carbocycles. The number of carbonyl (C=O) groups is 1. The van der Waals surface area contributed by atoms with E-state index in [2.05, 4.69) is 25.6 Å². The molecule has 0 spiro atoms. The van der Waals surface area contributed by atoms with Crippen molar-refractivity contribution in [2.24, 2.45) is 0 Å². The first-order valence-electron chi connectivity index (χ1n) is 10.6. The van der Waals surface area contributed by atoms with Crippen LogP contribution in [-0.4, -0.2) is 58.6 Å². The molecule has 5 rings (SSSR count). The Morgan fingerprint density at radius 2 is 2.16 bits per heavy atom. The van der Waals surface area contributed by atoms with E-state index in [1.165, 1.54) is 0 Å². The zero-order chi connectivity index (χ0) is 22.3. The fourth-order valence-corrected chi connectivity index (χ4v) is 4.43. The van der Waals surface area contributed by atoms with E-state index in [4.69, 9.17) is 25.8 Å². The SMILES string of the molecule is CCNC(=O)Nc1ccc(-c2nc3nc(OC4CO[C@@H]5CCO[C@]45C)[nH]c3cc2Cl)cc1. The number of benzene rings is 1. The third-order valence-corrected chi connectivity index (χ3v) is 6.22. The molecule has 2 fully saturated rings. The molecular weight excluding hydrogens is 434 g/mol. The molecular formula is C22H24ClN5O4. The van der Waals surface area contributed by atoms with Crippen LogP contribution in [0, 0.1) is 0 Å². The summed E-state index contributed by atoms with van der Waals surface area (Å²) in [5.74, 6) is 0. The van der Waals surface area contributed by atoms with Crippen LogP contribution in [0.5, 0.6) is 6.01 Å². The van der Waals surface area contributed by atoms with E-state index in [9.17, 15) is 4.79 Å². The monoisotopic (exact) mass is 457 g/mol. The van der Waals surface area contributed by atoms with E-state index >= 15 is 0 Å². The number of rotatable bonds is 5. The molecule has 10 heteroatoms. The number of aromatic amines is 1. The third kappa shape index (κ3) is 3.76. The highest BCUT2D eigenvalue weighted by atomic mass is 35.5. The number of nitrogens with one attached hydrogen (secondary N) is 3. The molecule has 2 saturated heterocycles. The number of ether oxygens (including phenoxy) is 3. The molecule has 32 heavy (non-hydrogen) atoms. The van der Waals surface area contributed by atoms with E-state index in [1.807, 2.05) is 26.0 Å². The van der Waals surface area contributed by atoms with Crippen LogP contribution in [0.2, 0.25) is 5.02 Å². The van der Waals surface area contributed by atoms with Crippen molar-refractivity contribution in [3.8, 4) is 17.3 Å². The summed E-state index contributed by atoms with van der Waals surface area (Å²) in [6, 6.07) is 9.17. The minimum atomic E-state index is -0.473. The molecule has 0 saturated carbocycles. The molecule has 2 aliphatic rings. The second-order valence-corrected chi connectivity index (χ2v) is 8.45. The fourth-order valence-electron chi connectivity index (χ4n) is 4.17. The summed E-state index contributed by atoms with van der Waals surface area (Å²) < 4.78 is 17.8. The number of nitrogens with zero attached hydrogens (tertiary/aromatic N) is 2. The van der Waals surface area contributed by atoms with Gasteiger partial charge in [0.25, 0.3) is 6.01 Å². The van der Waals surface area contributed by atoms with Gasteiger partial charge in [-0.2, -0.15) is 4.98 Å². The Morgan fingerprint density at radius 1 is 1.34 bits per heavy atom. The van der Waals surface area contributed by atoms with E-state index in [-0.39, 0.29) is 18.2 Å². The van der Waals surface area contributed by atoms with Crippen LogP contribution in [0.3, 0.4) is 0 Å². The maximum atomic E-state index is 11.7. The Morgan fingerprint density at radius 3 is 2.94 bits per heavy atom. The summed E-state index contributed by atoms with van der Waals surface area (Å²) in [6.45, 7) is 5.55. The lowest BCUT2D eigenvalue weighted by atomic mass is 9.96. The number of fused-ring (bicyclic) bond motifs is 2. The lowest BCUT2D eigenvalue weighted by Crippen LogP contribution is -2.45. The summed E-state index contributed by atoms with van der Waals surface area (Å²) in [4.78, 5) is 23.9. The minimum absolute atomic E-state index is 0.0431. The summed E-state index contributed by atoms with van der Waals surface area (Å²) >= 11 is 6.51. The predicted octanol–water partition coefficient (Wildman–Crippen LogP) is 3.74. The molecule has 1 aromatic carbocycles. The van der Waals surface area contributed by atoms with Gasteiger partial charge in [0.1, 0.15) is 5.60 Å². The van der Waals surface area contributed by atoms with E-state index in [0.29, 0.717) is 53.3 Å². The van der Waals surface area contributed by atoms with Crippen LogP contribution in [0.25, 0.3) is 22.4 Å². The van der Waals surface area contributed by atoms with Crippen molar-refractivity contribution in [2.45, 2.75) is 38.1 Å². The van der Waals surface area contributed by atoms with Gasteiger partial charge in [-0.25, -0.2) is 9.78 Å². The molecule has 2 amide bonds. The first-order chi connectivity index (χ1) is 15.5. The number of hydrogen-bond acceptors (Lipinski definition) is 6. The molecule has 9 nitrogen and oxygen atoms in total. The van der Waals surface area contributed by atoms with Crippen LogP contribution < -0.4 is 15.4 Å². The van der Waals surface area contributed by atoms with E-state index in [1.54, 1.807) is 18.2 Å². The van der Waals surface area contributed by atoms with Crippen molar-refractivity contribution in [3.05, 3.63) is 35.4 Å². The summed E-state index contributed by atoms with van der Waals surface area (Å²) in [7, 11) is 0. The van der Waals surface area contributed by atoms with Gasteiger partial charge in [0.05, 0.1) is 35.6 Å². The average molecular weight is 458 g/mol. The second-order valence-electron chi connectivity index (χ2n) is 8.04. The lowest BCUT2D eigenvalue weighted by molar-refractivity contribution is -0.0551. The molecule has 1 unspecified atom stereocenters. The maximum Gasteiger partial charge on any atom is 0.319 e. The van der Waals surface area contributed by atoms with E-state index in [0.717, 1.165) is 12.0 Å². The van der Waals surface area contributed by atoms with Gasteiger partial charge in [0, 0.05) is 17.8 Å². The van der Waals surface area contributed by atoms with Crippen molar-refractivity contribution in [3.63, 3.8) is 0 Å². The number of halogens is 1. The van der Waals surface area contributed by atoms with Crippen molar-refractivity contribution >= 4 is 34.5 Å². The standard InChI is InChI=1S/C22H24ClN5O4/c1-3-24-20(29)25-13-6-4-12(5-7-13)18-14(23)10-15-19(27-18)28-21(26-15)32-17-11-30-16-8-9-31-22(16,17)2/h4-7,10,16-17H,3,8-9,11H2,1-2H3,(H2,24,25,29)(H,26,27,28)/t16-,17?,22+/m1/s1. The van der Waals surface area contributed by atoms with Gasteiger partial charge in [0.2, 0.25) is 0 Å². The third-order valence-electron chi connectivity index (χ3n) is 5.93. The van der Waals surface area contributed by atoms with Gasteiger partial charge < -0.3 is 29.8 Å². The predicted molar refractivity (Wildman–Crippen MR) is 120 cm³/mol. The van der Waals surface area contributed by atoms with Gasteiger partial charge >= 0.3 is 6.03 Å². The number of urea groups is 1. The molecule has 3 N–H and O–H groups in total. The van der Waals surface area contributed by atoms with Gasteiger partial charge in [-0.05, 0) is 38.5 Å². The first-order valence-corrected chi connectivity index (χ1v) is 11.0. The first kappa shape index (κ1) is 21.0. The molecule has 0 bridgehead atoms. The van der Waals surface area contributed by atoms with Crippen molar-refractivity contribution < 1.29 is 19.0 Å². The van der Waals surface area contributed by atoms with Gasteiger partial charge in [-0.1, -0.05) is 23.7 Å². The number of anilines is 1. The summed E-state index contributed by atoms with van der Waals surface area (Å²) in [5.41, 5.74) is 2.78. The van der Waals surface area contributed by atoms with Gasteiger partial charge in [-0.15, -0.1) is 0 Å². The molecule has 168 valence electrons. The number of carbonyl (C=O) groups excluding carboxylic acids is 1. The molecule has 3 aromatic rings. The molecule has 4 heterocycles. The Labute approximate surface area is 189 Å². The Balaban J connectivity index is 1.36. The highest BCUT2D eigenvalue weighted by molar-refractivity contribution is 6.33. The zero-order valence-corrected chi connectivity index (χ0v) is 18.5. The number of hydrogen-bond donors (Lipinski definition) is 3. The molecule has 2 aliphatic heterocycles. The Bertz CT molecular complexity index is 1150. The minimum Gasteiger partial charge on any atom is -0.456 e. The average Bonchev–Trinajstić information content (AvgIpc) is 3.41. The Kier molecular flexibility index (Phi) is 5.40. The van der Waals surface area contributed by atoms with Crippen LogP contribution in [0.15, 0.2) is 30.3 Å². The van der Waals surface area contributed by atoms with Crippen LogP contribution in [-0.2, 0) is 9.47 Å². The topological polar surface area (TPSA) is 110 Å². The molecule has 3 atom stereocenters. The highest BCUT2D eigenvalue weighted by Crippen LogP contribution is 2.39. The quantitative estimate of drug-likeness (QED) is 0.538. The number of aromatic nitrogens is 3. The number of pyridine rings is 1. The number of amides is 2. The number of H-pyrrole nitrogens is 1. The van der Waals surface area contributed by atoms with Crippen molar-refractivity contribution in [1.29, 1.82) is 0 Å². The van der Waals surface area contributed by atoms with Crippen LogP contribution in [0.4, 0.5) is 10.5 Å². The fraction of sp³-hybridized carbons (Fsp3) is 0.409. The summed E-state index contributed by atoms with van der Waals surface area (Å²) in [6.07, 6.45) is 0.659. The van der Waals surface area contributed by atoms with Gasteiger partial charge in [0.15, 0.2) is 11.8 Å². The lowest BCUT2D eigenvalue weighted by Gasteiger charge is -2.27. The van der Waals surface area contributed by atoms with Gasteiger partial charge in [-0.3, -0.25) is 0 Å². The normalized spacial score (nSPS) is 24.5. The largest absolute Gasteiger partial charge is 0.456 e. The van der Waals surface area contributed by atoms with Crippen molar-refractivity contribution in [1.82, 2.24) is 20.3 Å². The molecule has 0 radical (unpaired) electrons. The zero-order valence-electron chi connectivity index (χ0n) is 17.8. The number of imidazole rings is 1. The maximum absolute atomic E-state index is 11.7. The van der Waals surface area contributed by atoms with E-state index < -0.39 is 5.60 Å². The van der Waals surface area contributed by atoms with Crippen molar-refractivity contribution in [2.75, 3.05) is 25.1 Å². The molecule has 2 aromatic heterocycles.